The van der Waals surface area contributed by atoms with Crippen molar-refractivity contribution in [2.75, 3.05) is 6.54 Å². The molecule has 2 aromatic rings. The highest BCUT2D eigenvalue weighted by Gasteiger charge is 2.15. The summed E-state index contributed by atoms with van der Waals surface area (Å²) in [4.78, 5) is 10.4. The largest absolute Gasteiger partial charge is 0.308 e. The fraction of sp³-hybridized carbons (Fsp3) is 0.429. The molecule has 0 saturated carbocycles. The van der Waals surface area contributed by atoms with Gasteiger partial charge >= 0.3 is 0 Å². The van der Waals surface area contributed by atoms with Gasteiger partial charge in [0, 0.05) is 17.7 Å². The number of aromatic nitrogens is 2. The van der Waals surface area contributed by atoms with Crippen molar-refractivity contribution in [1.82, 2.24) is 15.5 Å². The van der Waals surface area contributed by atoms with Gasteiger partial charge in [-0.2, -0.15) is 0 Å². The minimum absolute atomic E-state index is 0.0963. The van der Waals surface area contributed by atoms with E-state index in [-0.39, 0.29) is 16.7 Å². The minimum Gasteiger partial charge on any atom is -0.308 e. The van der Waals surface area contributed by atoms with Gasteiger partial charge in [-0.05, 0) is 38.4 Å². The summed E-state index contributed by atoms with van der Waals surface area (Å²) in [6.07, 6.45) is 1.07. The number of non-ortho nitro benzene ring substituents is 1. The van der Waals surface area contributed by atoms with Crippen molar-refractivity contribution >= 4 is 17.0 Å². The summed E-state index contributed by atoms with van der Waals surface area (Å²) in [6, 6.07) is 4.97. The first-order valence-corrected chi connectivity index (χ1v) is 7.66. The smallest absolute Gasteiger partial charge is 0.269 e. The van der Waals surface area contributed by atoms with Crippen molar-refractivity contribution in [3.8, 4) is 10.6 Å². The van der Waals surface area contributed by atoms with Crippen molar-refractivity contribution < 1.29 is 4.92 Å². The van der Waals surface area contributed by atoms with E-state index >= 15 is 0 Å². The molecule has 0 radical (unpaired) electrons. The van der Waals surface area contributed by atoms with E-state index in [0.717, 1.165) is 34.1 Å². The number of nitrogens with one attached hydrogen (secondary N) is 1. The Bertz CT molecular complexity index is 642. The van der Waals surface area contributed by atoms with Gasteiger partial charge in [0.15, 0.2) is 0 Å². The average Bonchev–Trinajstić information content (AvgIpc) is 2.94. The second kappa shape index (κ2) is 6.73. The number of rotatable bonds is 6. The van der Waals surface area contributed by atoms with E-state index in [9.17, 15) is 10.1 Å². The molecule has 1 aromatic carbocycles. The van der Waals surface area contributed by atoms with Crippen molar-refractivity contribution in [3.05, 3.63) is 38.9 Å². The third-order valence-corrected chi connectivity index (χ3v) is 4.30. The number of nitrogens with zero attached hydrogens (tertiary/aromatic N) is 3. The fourth-order valence-electron chi connectivity index (χ4n) is 1.97. The van der Waals surface area contributed by atoms with Crippen LogP contribution in [-0.4, -0.2) is 21.7 Å². The Morgan fingerprint density at radius 3 is 2.81 bits per heavy atom. The van der Waals surface area contributed by atoms with Crippen LogP contribution in [0.2, 0.25) is 0 Å². The Kier molecular flexibility index (Phi) is 4.98. The molecule has 21 heavy (non-hydrogen) atoms. The summed E-state index contributed by atoms with van der Waals surface area (Å²) in [6.45, 7) is 6.96. The van der Waals surface area contributed by atoms with Gasteiger partial charge in [-0.1, -0.05) is 18.3 Å². The van der Waals surface area contributed by atoms with Crippen molar-refractivity contribution in [3.63, 3.8) is 0 Å². The maximum absolute atomic E-state index is 10.8. The molecule has 0 aliphatic carbocycles. The van der Waals surface area contributed by atoms with Gasteiger partial charge < -0.3 is 5.32 Å². The highest BCUT2D eigenvalue weighted by Crippen LogP contribution is 2.30. The maximum atomic E-state index is 10.8. The number of aryl methyl sites for hydroxylation is 1. The summed E-state index contributed by atoms with van der Waals surface area (Å²) >= 11 is 1.52. The molecule has 0 fully saturated rings. The van der Waals surface area contributed by atoms with Crippen LogP contribution in [0.25, 0.3) is 10.6 Å². The Hall–Kier alpha value is -1.86. The molecule has 1 aromatic heterocycles. The second-order valence-corrected chi connectivity index (χ2v) is 5.89. The van der Waals surface area contributed by atoms with Crippen molar-refractivity contribution in [1.29, 1.82) is 0 Å². The first-order valence-electron chi connectivity index (χ1n) is 6.85. The van der Waals surface area contributed by atoms with Crippen LogP contribution in [0, 0.1) is 17.0 Å². The summed E-state index contributed by atoms with van der Waals surface area (Å²) in [7, 11) is 0. The predicted octanol–water partition coefficient (Wildman–Crippen LogP) is 3.48. The molecule has 7 heteroatoms. The molecule has 0 saturated heterocycles. The van der Waals surface area contributed by atoms with Gasteiger partial charge in [-0.25, -0.2) is 0 Å². The normalized spacial score (nSPS) is 12.3. The standard InChI is InChI=1S/C14H18N4O2S/c1-4-7-15-10(3)13-16-17-14(21-13)12-6-5-11(18(19)20)8-9(12)2/h5-6,8,10,15H,4,7H2,1-3H3. The minimum atomic E-state index is -0.390. The molecule has 0 spiro atoms. The van der Waals surface area contributed by atoms with Gasteiger partial charge in [0.2, 0.25) is 0 Å². The van der Waals surface area contributed by atoms with E-state index in [1.807, 2.05) is 6.92 Å². The number of benzene rings is 1. The lowest BCUT2D eigenvalue weighted by atomic mass is 10.1. The van der Waals surface area contributed by atoms with Crippen molar-refractivity contribution in [2.45, 2.75) is 33.2 Å². The Morgan fingerprint density at radius 2 is 2.19 bits per heavy atom. The van der Waals surface area contributed by atoms with E-state index in [0.29, 0.717) is 0 Å². The topological polar surface area (TPSA) is 81.0 Å². The van der Waals surface area contributed by atoms with Gasteiger partial charge in [-0.3, -0.25) is 10.1 Å². The quantitative estimate of drug-likeness (QED) is 0.652. The molecule has 1 heterocycles. The molecular weight excluding hydrogens is 288 g/mol. The second-order valence-electron chi connectivity index (χ2n) is 4.88. The third kappa shape index (κ3) is 3.62. The van der Waals surface area contributed by atoms with Gasteiger partial charge in [0.25, 0.3) is 5.69 Å². The van der Waals surface area contributed by atoms with Gasteiger partial charge in [0.1, 0.15) is 10.0 Å². The van der Waals surface area contributed by atoms with Crippen LogP contribution in [0.4, 0.5) is 5.69 Å². The van der Waals surface area contributed by atoms with E-state index in [2.05, 4.69) is 29.4 Å². The Balaban J connectivity index is 2.23. The Labute approximate surface area is 127 Å². The molecular formula is C14H18N4O2S. The van der Waals surface area contributed by atoms with Gasteiger partial charge in [-0.15, -0.1) is 10.2 Å². The number of nitro groups is 1. The summed E-state index contributed by atoms with van der Waals surface area (Å²) in [5, 5.41) is 24.3. The Morgan fingerprint density at radius 1 is 1.43 bits per heavy atom. The van der Waals surface area contributed by atoms with E-state index < -0.39 is 0 Å². The zero-order valence-electron chi connectivity index (χ0n) is 12.3. The molecule has 6 nitrogen and oxygen atoms in total. The summed E-state index contributed by atoms with van der Waals surface area (Å²) in [5.74, 6) is 0. The van der Waals surface area contributed by atoms with E-state index in [1.54, 1.807) is 12.1 Å². The summed E-state index contributed by atoms with van der Waals surface area (Å²) < 4.78 is 0. The predicted molar refractivity (Wildman–Crippen MR) is 83.4 cm³/mol. The molecule has 2 rings (SSSR count). The van der Waals surface area contributed by atoms with Crippen LogP contribution in [-0.2, 0) is 0 Å². The van der Waals surface area contributed by atoms with Crippen LogP contribution in [0.15, 0.2) is 18.2 Å². The van der Waals surface area contributed by atoms with Crippen LogP contribution in [0.3, 0.4) is 0 Å². The van der Waals surface area contributed by atoms with Crippen LogP contribution in [0.1, 0.15) is 36.9 Å². The fourth-order valence-corrected chi connectivity index (χ4v) is 2.93. The van der Waals surface area contributed by atoms with E-state index in [4.69, 9.17) is 0 Å². The molecule has 0 aliphatic heterocycles. The maximum Gasteiger partial charge on any atom is 0.269 e. The van der Waals surface area contributed by atoms with Crippen LogP contribution in [0.5, 0.6) is 0 Å². The lowest BCUT2D eigenvalue weighted by Crippen LogP contribution is -2.18. The average molecular weight is 306 g/mol. The highest BCUT2D eigenvalue weighted by molar-refractivity contribution is 7.14. The summed E-state index contributed by atoms with van der Waals surface area (Å²) in [5.41, 5.74) is 1.83. The van der Waals surface area contributed by atoms with Gasteiger partial charge in [0.05, 0.1) is 11.0 Å². The zero-order chi connectivity index (χ0) is 15.4. The lowest BCUT2D eigenvalue weighted by Gasteiger charge is -2.08. The third-order valence-electron chi connectivity index (χ3n) is 3.16. The molecule has 0 amide bonds. The van der Waals surface area contributed by atoms with E-state index in [1.165, 1.54) is 17.4 Å². The molecule has 0 aliphatic rings. The molecule has 1 N–H and O–H groups in total. The van der Waals surface area contributed by atoms with Crippen LogP contribution >= 0.6 is 11.3 Å². The monoisotopic (exact) mass is 306 g/mol. The first-order chi connectivity index (χ1) is 10.0. The first kappa shape index (κ1) is 15.5. The number of hydrogen-bond acceptors (Lipinski definition) is 6. The highest BCUT2D eigenvalue weighted by atomic mass is 32.1. The molecule has 0 bridgehead atoms. The number of hydrogen-bond donors (Lipinski definition) is 1. The van der Waals surface area contributed by atoms with Crippen molar-refractivity contribution in [2.24, 2.45) is 0 Å². The number of nitro benzene ring substituents is 1. The SMILES string of the molecule is CCCNC(C)c1nnc(-c2ccc([N+](=O)[O-])cc2C)s1. The molecule has 1 atom stereocenters. The zero-order valence-corrected chi connectivity index (χ0v) is 13.1. The van der Waals surface area contributed by atoms with Crippen LogP contribution < -0.4 is 5.32 Å². The molecule has 112 valence electrons. The lowest BCUT2D eigenvalue weighted by molar-refractivity contribution is -0.384. The molecule has 1 unspecified atom stereocenters.